The van der Waals surface area contributed by atoms with Gasteiger partial charge in [0.25, 0.3) is 0 Å². The molecule has 1 saturated heterocycles. The van der Waals surface area contributed by atoms with Crippen LogP contribution in [0.5, 0.6) is 11.5 Å². The van der Waals surface area contributed by atoms with Crippen LogP contribution in [0.25, 0.3) is 5.57 Å². The molecule has 0 radical (unpaired) electrons. The Morgan fingerprint density at radius 3 is 2.22 bits per heavy atom. The molecule has 0 bridgehead atoms. The van der Waals surface area contributed by atoms with Gasteiger partial charge < -0.3 is 14.6 Å². The van der Waals surface area contributed by atoms with Gasteiger partial charge in [-0.05, 0) is 52.3 Å². The molecule has 1 heterocycles. The Labute approximate surface area is 168 Å². The van der Waals surface area contributed by atoms with Gasteiger partial charge in [0.05, 0.1) is 18.8 Å². The van der Waals surface area contributed by atoms with E-state index in [-0.39, 0.29) is 0 Å². The maximum atomic E-state index is 11.4. The molecule has 2 aromatic rings. The quantitative estimate of drug-likeness (QED) is 0.680. The average Bonchev–Trinajstić information content (AvgIpc) is 2.72. The SMILES string of the molecule is COc1ccc(/C(=C\C(=O)O)c2ccc(C3SCCCS3)cc2)cc1OC. The van der Waals surface area contributed by atoms with E-state index in [1.807, 2.05) is 41.7 Å². The molecule has 0 atom stereocenters. The fourth-order valence-corrected chi connectivity index (χ4v) is 5.85. The normalized spacial score (nSPS) is 15.4. The minimum Gasteiger partial charge on any atom is -0.493 e. The van der Waals surface area contributed by atoms with Gasteiger partial charge in [-0.25, -0.2) is 4.79 Å². The van der Waals surface area contributed by atoms with E-state index in [4.69, 9.17) is 9.47 Å². The highest BCUT2D eigenvalue weighted by Gasteiger charge is 2.17. The molecule has 0 saturated carbocycles. The van der Waals surface area contributed by atoms with Gasteiger partial charge in [-0.2, -0.15) is 0 Å². The molecule has 1 aliphatic rings. The molecule has 2 aromatic carbocycles. The molecular weight excluding hydrogens is 380 g/mol. The maximum absolute atomic E-state index is 11.4. The van der Waals surface area contributed by atoms with Crippen molar-refractivity contribution < 1.29 is 19.4 Å². The summed E-state index contributed by atoms with van der Waals surface area (Å²) in [5.74, 6) is 2.57. The standard InChI is InChI=1S/C21H22O4S2/c1-24-18-9-8-16(12-19(18)25-2)17(13-20(22)23)14-4-6-15(7-5-14)21-26-10-3-11-27-21/h4-9,12-13,21H,3,10-11H2,1-2H3,(H,22,23)/b17-13-. The highest BCUT2D eigenvalue weighted by molar-refractivity contribution is 8.16. The molecule has 1 aliphatic heterocycles. The first-order valence-electron chi connectivity index (χ1n) is 8.63. The van der Waals surface area contributed by atoms with Crippen molar-refractivity contribution in [1.82, 2.24) is 0 Å². The van der Waals surface area contributed by atoms with Crippen LogP contribution in [0.2, 0.25) is 0 Å². The van der Waals surface area contributed by atoms with Crippen LogP contribution in [-0.4, -0.2) is 36.8 Å². The van der Waals surface area contributed by atoms with Crippen molar-refractivity contribution in [3.8, 4) is 11.5 Å². The highest BCUT2D eigenvalue weighted by atomic mass is 32.2. The van der Waals surface area contributed by atoms with Gasteiger partial charge in [0, 0.05) is 6.08 Å². The Morgan fingerprint density at radius 2 is 1.63 bits per heavy atom. The van der Waals surface area contributed by atoms with Gasteiger partial charge in [-0.1, -0.05) is 30.3 Å². The van der Waals surface area contributed by atoms with Crippen LogP contribution in [0, 0.1) is 0 Å². The third-order valence-electron chi connectivity index (χ3n) is 4.28. The second kappa shape index (κ2) is 9.24. The Bertz CT molecular complexity index is 825. The average molecular weight is 403 g/mol. The molecule has 6 heteroatoms. The molecule has 0 amide bonds. The van der Waals surface area contributed by atoms with Crippen molar-refractivity contribution in [2.75, 3.05) is 25.7 Å². The molecule has 3 rings (SSSR count). The fourth-order valence-electron chi connectivity index (χ4n) is 2.96. The molecule has 0 aromatic heterocycles. The number of thioether (sulfide) groups is 2. The lowest BCUT2D eigenvalue weighted by molar-refractivity contribution is -0.131. The molecule has 0 spiro atoms. The van der Waals surface area contributed by atoms with Crippen LogP contribution in [-0.2, 0) is 4.79 Å². The molecule has 27 heavy (non-hydrogen) atoms. The van der Waals surface area contributed by atoms with E-state index in [2.05, 4.69) is 12.1 Å². The van der Waals surface area contributed by atoms with Gasteiger partial charge in [-0.15, -0.1) is 23.5 Å². The van der Waals surface area contributed by atoms with Crippen molar-refractivity contribution in [3.63, 3.8) is 0 Å². The minimum absolute atomic E-state index is 0.459. The van der Waals surface area contributed by atoms with E-state index >= 15 is 0 Å². The van der Waals surface area contributed by atoms with E-state index in [0.717, 1.165) is 11.1 Å². The largest absolute Gasteiger partial charge is 0.493 e. The zero-order valence-electron chi connectivity index (χ0n) is 15.3. The first-order chi connectivity index (χ1) is 13.1. The maximum Gasteiger partial charge on any atom is 0.328 e. The van der Waals surface area contributed by atoms with E-state index in [0.29, 0.717) is 21.7 Å². The molecular formula is C21H22O4S2. The summed E-state index contributed by atoms with van der Waals surface area (Å²) in [5.41, 5.74) is 3.54. The number of carboxylic acid groups (broad SMARTS) is 1. The van der Waals surface area contributed by atoms with Gasteiger partial charge in [0.2, 0.25) is 0 Å². The third kappa shape index (κ3) is 4.82. The van der Waals surface area contributed by atoms with Crippen LogP contribution in [0.15, 0.2) is 48.5 Å². The van der Waals surface area contributed by atoms with Crippen LogP contribution in [0.4, 0.5) is 0 Å². The van der Waals surface area contributed by atoms with E-state index < -0.39 is 5.97 Å². The predicted octanol–water partition coefficient (Wildman–Crippen LogP) is 5.09. The summed E-state index contributed by atoms with van der Waals surface area (Å²) < 4.78 is 11.1. The minimum atomic E-state index is -0.984. The van der Waals surface area contributed by atoms with Gasteiger partial charge in [0.15, 0.2) is 11.5 Å². The van der Waals surface area contributed by atoms with Crippen molar-refractivity contribution in [1.29, 1.82) is 0 Å². The van der Waals surface area contributed by atoms with Crippen molar-refractivity contribution in [2.24, 2.45) is 0 Å². The summed E-state index contributed by atoms with van der Waals surface area (Å²) in [5, 5.41) is 9.35. The van der Waals surface area contributed by atoms with Gasteiger partial charge in [0.1, 0.15) is 0 Å². The van der Waals surface area contributed by atoms with Crippen molar-refractivity contribution in [2.45, 2.75) is 11.0 Å². The summed E-state index contributed by atoms with van der Waals surface area (Å²) in [6.07, 6.45) is 2.50. The van der Waals surface area contributed by atoms with Gasteiger partial charge in [-0.3, -0.25) is 0 Å². The summed E-state index contributed by atoms with van der Waals surface area (Å²) in [6, 6.07) is 13.6. The number of benzene rings is 2. The lowest BCUT2D eigenvalue weighted by atomic mass is 9.96. The highest BCUT2D eigenvalue weighted by Crippen LogP contribution is 2.44. The Hall–Kier alpha value is -2.05. The summed E-state index contributed by atoms with van der Waals surface area (Å²) >= 11 is 3.94. The monoisotopic (exact) mass is 402 g/mol. The Morgan fingerprint density at radius 1 is 1.00 bits per heavy atom. The van der Waals surface area contributed by atoms with Gasteiger partial charge >= 0.3 is 5.97 Å². The second-order valence-electron chi connectivity index (χ2n) is 6.02. The first kappa shape index (κ1) is 19.7. The Balaban J connectivity index is 1.95. The molecule has 0 unspecified atom stereocenters. The smallest absolute Gasteiger partial charge is 0.328 e. The number of ether oxygens (including phenoxy) is 2. The summed E-state index contributed by atoms with van der Waals surface area (Å²) in [4.78, 5) is 11.4. The lowest BCUT2D eigenvalue weighted by Gasteiger charge is -2.21. The number of carbonyl (C=O) groups is 1. The molecule has 1 fully saturated rings. The Kier molecular flexibility index (Phi) is 6.74. The third-order valence-corrected chi connectivity index (χ3v) is 7.30. The van der Waals surface area contributed by atoms with E-state index in [1.165, 1.54) is 29.6 Å². The predicted molar refractivity (Wildman–Crippen MR) is 113 cm³/mol. The number of methoxy groups -OCH3 is 2. The van der Waals surface area contributed by atoms with Crippen LogP contribution in [0.3, 0.4) is 0 Å². The second-order valence-corrected chi connectivity index (χ2v) is 8.74. The zero-order valence-corrected chi connectivity index (χ0v) is 16.9. The molecule has 0 aliphatic carbocycles. The lowest BCUT2D eigenvalue weighted by Crippen LogP contribution is -2.01. The van der Waals surface area contributed by atoms with Crippen LogP contribution < -0.4 is 9.47 Å². The number of hydrogen-bond acceptors (Lipinski definition) is 5. The topological polar surface area (TPSA) is 55.8 Å². The number of rotatable bonds is 6. The number of hydrogen-bond donors (Lipinski definition) is 1. The molecule has 142 valence electrons. The zero-order chi connectivity index (χ0) is 19.2. The first-order valence-corrected chi connectivity index (χ1v) is 10.7. The number of aliphatic carboxylic acids is 1. The van der Waals surface area contributed by atoms with E-state index in [9.17, 15) is 9.90 Å². The summed E-state index contributed by atoms with van der Waals surface area (Å²) in [6.45, 7) is 0. The number of carboxylic acids is 1. The van der Waals surface area contributed by atoms with Crippen molar-refractivity contribution in [3.05, 3.63) is 65.2 Å². The van der Waals surface area contributed by atoms with Crippen LogP contribution in [0.1, 0.15) is 27.7 Å². The fraction of sp³-hybridized carbons (Fsp3) is 0.286. The van der Waals surface area contributed by atoms with E-state index in [1.54, 1.807) is 26.4 Å². The van der Waals surface area contributed by atoms with Crippen molar-refractivity contribution >= 4 is 35.1 Å². The molecule has 4 nitrogen and oxygen atoms in total. The molecule has 1 N–H and O–H groups in total. The van der Waals surface area contributed by atoms with Crippen LogP contribution >= 0.6 is 23.5 Å². The summed E-state index contributed by atoms with van der Waals surface area (Å²) in [7, 11) is 3.14.